The Morgan fingerprint density at radius 1 is 1.28 bits per heavy atom. The zero-order valence-electron chi connectivity index (χ0n) is 12.2. The Bertz CT molecular complexity index is 1160. The molecular weight excluding hydrogens is 373 g/mol. The molecule has 3 aromatic rings. The van der Waals surface area contributed by atoms with Crippen molar-refractivity contribution in [3.63, 3.8) is 0 Å². The van der Waals surface area contributed by atoms with Crippen LogP contribution in [0.15, 0.2) is 39.8 Å². The number of phenolic OH excluding ortho intramolecular Hbond substituents is 1. The van der Waals surface area contributed by atoms with Crippen molar-refractivity contribution in [1.82, 2.24) is 10.2 Å². The molecule has 11 heteroatoms. The lowest BCUT2D eigenvalue weighted by molar-refractivity contribution is 0.433. The Morgan fingerprint density at radius 3 is 2.88 bits per heavy atom. The first-order chi connectivity index (χ1) is 11.8. The second-order valence-electron chi connectivity index (χ2n) is 5.23. The second-order valence-corrected chi connectivity index (χ2v) is 7.21. The monoisotopic (exact) mass is 381 g/mol. The van der Waals surface area contributed by atoms with E-state index in [0.29, 0.717) is 5.69 Å². The summed E-state index contributed by atoms with van der Waals surface area (Å²) in [4.78, 5) is -0.410. The number of aromatic nitrogens is 2. The van der Waals surface area contributed by atoms with Crippen LogP contribution in [0.3, 0.4) is 0 Å². The van der Waals surface area contributed by atoms with E-state index in [0.717, 1.165) is 17.0 Å². The molecule has 1 aliphatic rings. The Kier molecular flexibility index (Phi) is 3.34. The largest absolute Gasteiger partial charge is 0.503 e. The maximum atomic E-state index is 13.8. The van der Waals surface area contributed by atoms with Crippen LogP contribution in [-0.2, 0) is 10.0 Å². The van der Waals surface area contributed by atoms with Gasteiger partial charge < -0.3 is 15.7 Å². The van der Waals surface area contributed by atoms with Crippen molar-refractivity contribution < 1.29 is 17.9 Å². The Balaban J connectivity index is 1.75. The average molecular weight is 382 g/mol. The number of fused-ring (bicyclic) bond motifs is 2. The van der Waals surface area contributed by atoms with Gasteiger partial charge >= 0.3 is 0 Å². The summed E-state index contributed by atoms with van der Waals surface area (Å²) in [5.74, 6) is -2.21. The molecule has 0 saturated heterocycles. The highest BCUT2D eigenvalue weighted by molar-refractivity contribution is 7.90. The van der Waals surface area contributed by atoms with Gasteiger partial charge in [0.15, 0.2) is 11.6 Å². The van der Waals surface area contributed by atoms with Gasteiger partial charge in [0.1, 0.15) is 10.6 Å². The standard InChI is InChI=1S/C14H9ClFN5O3S/c15-8-4-10-12(13(22)11(8)16)19-14(21-25(10,23)24)18-7-1-2-9-6(3-7)5-17-20-9/h1-5,22H,(H,17,20)(H2,18,19,21). The minimum Gasteiger partial charge on any atom is -0.503 e. The summed E-state index contributed by atoms with van der Waals surface area (Å²) in [6.07, 6.45) is 1.60. The Hall–Kier alpha value is -2.85. The molecule has 1 aliphatic heterocycles. The molecule has 0 unspecified atom stereocenters. The highest BCUT2D eigenvalue weighted by Crippen LogP contribution is 2.40. The molecule has 25 heavy (non-hydrogen) atoms. The van der Waals surface area contributed by atoms with Gasteiger partial charge in [-0.05, 0) is 24.3 Å². The summed E-state index contributed by atoms with van der Waals surface area (Å²) in [6.45, 7) is 0. The third kappa shape index (κ3) is 2.55. The molecular formula is C14H9ClFN5O3S. The van der Waals surface area contributed by atoms with Crippen molar-refractivity contribution in [1.29, 1.82) is 0 Å². The van der Waals surface area contributed by atoms with Crippen LogP contribution >= 0.6 is 11.6 Å². The van der Waals surface area contributed by atoms with Gasteiger partial charge in [-0.3, -0.25) is 5.10 Å². The van der Waals surface area contributed by atoms with Gasteiger partial charge in [-0.1, -0.05) is 11.6 Å². The fourth-order valence-electron chi connectivity index (χ4n) is 2.44. The van der Waals surface area contributed by atoms with Gasteiger partial charge in [0.25, 0.3) is 10.0 Å². The fraction of sp³-hybridized carbons (Fsp3) is 0. The SMILES string of the molecule is O=S1(=O)N=C(Nc2ccc3[nH]ncc3c2)Nc2c1cc(Cl)c(F)c2O. The molecule has 0 aliphatic carbocycles. The molecule has 2 aromatic carbocycles. The predicted octanol–water partition coefficient (Wildman–Crippen LogP) is 2.64. The number of H-pyrrole nitrogens is 1. The van der Waals surface area contributed by atoms with E-state index in [1.54, 1.807) is 24.4 Å². The van der Waals surface area contributed by atoms with Crippen LogP contribution in [0.1, 0.15) is 0 Å². The van der Waals surface area contributed by atoms with Crippen molar-refractivity contribution >= 4 is 49.9 Å². The zero-order valence-corrected chi connectivity index (χ0v) is 13.8. The number of hydrogen-bond acceptors (Lipinski definition) is 6. The lowest BCUT2D eigenvalue weighted by atomic mass is 10.2. The van der Waals surface area contributed by atoms with Crippen molar-refractivity contribution in [3.8, 4) is 5.75 Å². The first-order valence-electron chi connectivity index (χ1n) is 6.88. The van der Waals surface area contributed by atoms with Crippen LogP contribution in [0.25, 0.3) is 10.9 Å². The maximum absolute atomic E-state index is 13.8. The zero-order chi connectivity index (χ0) is 17.8. The molecule has 0 amide bonds. The third-order valence-corrected chi connectivity index (χ3v) is 5.17. The van der Waals surface area contributed by atoms with Crippen LogP contribution in [0.5, 0.6) is 5.75 Å². The van der Waals surface area contributed by atoms with Gasteiger partial charge in [0.2, 0.25) is 5.96 Å². The first-order valence-corrected chi connectivity index (χ1v) is 8.70. The molecule has 0 radical (unpaired) electrons. The van der Waals surface area contributed by atoms with Gasteiger partial charge in [-0.25, -0.2) is 4.39 Å². The number of benzene rings is 2. The molecule has 0 atom stereocenters. The number of nitrogens with one attached hydrogen (secondary N) is 3. The summed E-state index contributed by atoms with van der Waals surface area (Å²) in [5.41, 5.74) is 0.993. The predicted molar refractivity (Wildman–Crippen MR) is 91.0 cm³/mol. The van der Waals surface area contributed by atoms with E-state index in [-0.39, 0.29) is 11.6 Å². The number of halogens is 2. The van der Waals surface area contributed by atoms with E-state index in [1.807, 2.05) is 0 Å². The summed E-state index contributed by atoms with van der Waals surface area (Å²) >= 11 is 5.59. The molecule has 4 N–H and O–H groups in total. The molecule has 2 heterocycles. The number of guanidine groups is 1. The topological polar surface area (TPSA) is 119 Å². The van der Waals surface area contributed by atoms with Gasteiger partial charge in [-0.2, -0.15) is 13.5 Å². The van der Waals surface area contributed by atoms with Gasteiger partial charge in [0, 0.05) is 11.1 Å². The maximum Gasteiger partial charge on any atom is 0.287 e. The highest BCUT2D eigenvalue weighted by atomic mass is 35.5. The lowest BCUT2D eigenvalue weighted by Gasteiger charge is -2.20. The number of sulfonamides is 1. The average Bonchev–Trinajstić information content (AvgIpc) is 3.01. The van der Waals surface area contributed by atoms with E-state index < -0.39 is 31.5 Å². The van der Waals surface area contributed by atoms with Crippen LogP contribution in [0, 0.1) is 5.82 Å². The lowest BCUT2D eigenvalue weighted by Crippen LogP contribution is -2.28. The third-order valence-electron chi connectivity index (χ3n) is 3.59. The Morgan fingerprint density at radius 2 is 2.08 bits per heavy atom. The number of aromatic hydroxyl groups is 1. The van der Waals surface area contributed by atoms with Crippen LogP contribution in [0.2, 0.25) is 5.02 Å². The number of phenols is 1. The van der Waals surface area contributed by atoms with E-state index in [1.165, 1.54) is 0 Å². The fourth-order valence-corrected chi connectivity index (χ4v) is 3.80. The van der Waals surface area contributed by atoms with Crippen molar-refractivity contribution in [3.05, 3.63) is 41.3 Å². The van der Waals surface area contributed by atoms with Crippen molar-refractivity contribution in [2.24, 2.45) is 4.40 Å². The summed E-state index contributed by atoms with van der Waals surface area (Å²) in [6, 6.07) is 6.03. The molecule has 1 aromatic heterocycles. The van der Waals surface area contributed by atoms with E-state index in [2.05, 4.69) is 25.2 Å². The van der Waals surface area contributed by atoms with Crippen LogP contribution in [0.4, 0.5) is 15.8 Å². The molecule has 0 bridgehead atoms. The molecule has 0 saturated carbocycles. The van der Waals surface area contributed by atoms with E-state index >= 15 is 0 Å². The minimum absolute atomic E-state index is 0.188. The highest BCUT2D eigenvalue weighted by Gasteiger charge is 2.30. The van der Waals surface area contributed by atoms with E-state index in [9.17, 15) is 17.9 Å². The number of aromatic amines is 1. The molecule has 8 nitrogen and oxygen atoms in total. The minimum atomic E-state index is -4.17. The van der Waals surface area contributed by atoms with Crippen molar-refractivity contribution in [2.45, 2.75) is 4.90 Å². The number of anilines is 2. The quantitative estimate of drug-likeness (QED) is 0.481. The van der Waals surface area contributed by atoms with Gasteiger partial charge in [-0.15, -0.1) is 4.40 Å². The molecule has 0 spiro atoms. The number of hydrogen-bond donors (Lipinski definition) is 4. The normalized spacial score (nSPS) is 15.4. The number of rotatable bonds is 1. The van der Waals surface area contributed by atoms with Crippen LogP contribution < -0.4 is 10.6 Å². The molecule has 128 valence electrons. The smallest absolute Gasteiger partial charge is 0.287 e. The van der Waals surface area contributed by atoms with Crippen molar-refractivity contribution in [2.75, 3.05) is 10.6 Å². The molecule has 0 fully saturated rings. The summed E-state index contributed by atoms with van der Waals surface area (Å²) in [7, 11) is -4.17. The summed E-state index contributed by atoms with van der Waals surface area (Å²) < 4.78 is 41.9. The Labute approximate surface area is 145 Å². The summed E-state index contributed by atoms with van der Waals surface area (Å²) in [5, 5.41) is 22.2. The second kappa shape index (κ2) is 5.33. The molecule has 4 rings (SSSR count). The van der Waals surface area contributed by atoms with E-state index in [4.69, 9.17) is 11.6 Å². The van der Waals surface area contributed by atoms with Crippen LogP contribution in [-0.4, -0.2) is 29.7 Å². The van der Waals surface area contributed by atoms with Gasteiger partial charge in [0.05, 0.1) is 16.7 Å². The number of nitrogens with zero attached hydrogens (tertiary/aromatic N) is 2. The first kappa shape index (κ1) is 15.7.